The molecule has 2 aromatic rings. The summed E-state index contributed by atoms with van der Waals surface area (Å²) in [7, 11) is -3.95. The third-order valence-corrected chi connectivity index (χ3v) is 6.76. The number of carboxylic acid groups (broad SMARTS) is 1. The number of benzene rings is 1. The highest BCUT2D eigenvalue weighted by Crippen LogP contribution is 2.41. The van der Waals surface area contributed by atoms with Crippen LogP contribution in [0.2, 0.25) is 0 Å². The van der Waals surface area contributed by atoms with Crippen LogP contribution in [0.1, 0.15) is 44.7 Å². The molecule has 7 nitrogen and oxygen atoms in total. The highest BCUT2D eigenvalue weighted by atomic mass is 32.2. The molecule has 1 saturated carbocycles. The predicted molar refractivity (Wildman–Crippen MR) is 100 cm³/mol. The largest absolute Gasteiger partial charge is 0.481 e. The van der Waals surface area contributed by atoms with Crippen molar-refractivity contribution in [2.24, 2.45) is 0 Å². The van der Waals surface area contributed by atoms with Gasteiger partial charge in [0.2, 0.25) is 5.91 Å². The topological polar surface area (TPSA) is 105 Å². The standard InChI is InChI=1S/C19H22N2O5S/c1-14(22)20-15-7-9-16(10-8-15)27(25,26)21-13-5-6-17(21)19(18(23)24)11-3-2-4-12-19/h5-10,13H,2-4,11-12H2,1H3,(H,20,22)(H,23,24). The average Bonchev–Trinajstić information content (AvgIpc) is 3.13. The van der Waals surface area contributed by atoms with Gasteiger partial charge in [-0.2, -0.15) is 0 Å². The third kappa shape index (κ3) is 3.49. The average molecular weight is 390 g/mol. The van der Waals surface area contributed by atoms with Crippen molar-refractivity contribution in [3.8, 4) is 0 Å². The molecule has 0 aliphatic heterocycles. The molecule has 144 valence electrons. The second-order valence-electron chi connectivity index (χ2n) is 6.85. The van der Waals surface area contributed by atoms with Gasteiger partial charge in [-0.3, -0.25) is 9.59 Å². The van der Waals surface area contributed by atoms with E-state index in [0.717, 1.165) is 23.2 Å². The molecular weight excluding hydrogens is 368 g/mol. The fourth-order valence-corrected chi connectivity index (χ4v) is 5.14. The van der Waals surface area contributed by atoms with E-state index in [1.54, 1.807) is 12.1 Å². The zero-order valence-corrected chi connectivity index (χ0v) is 15.8. The molecule has 27 heavy (non-hydrogen) atoms. The van der Waals surface area contributed by atoms with E-state index in [-0.39, 0.29) is 10.8 Å². The van der Waals surface area contributed by atoms with E-state index in [1.165, 1.54) is 37.4 Å². The van der Waals surface area contributed by atoms with Gasteiger partial charge >= 0.3 is 5.97 Å². The van der Waals surface area contributed by atoms with Crippen molar-refractivity contribution in [3.63, 3.8) is 0 Å². The van der Waals surface area contributed by atoms with Crippen LogP contribution in [0.5, 0.6) is 0 Å². The van der Waals surface area contributed by atoms with Crippen molar-refractivity contribution in [2.75, 3.05) is 5.32 Å². The van der Waals surface area contributed by atoms with Gasteiger partial charge < -0.3 is 10.4 Å². The number of carbonyl (C=O) groups is 2. The summed E-state index contributed by atoms with van der Waals surface area (Å²) in [6.07, 6.45) is 4.69. The Morgan fingerprint density at radius 2 is 1.70 bits per heavy atom. The van der Waals surface area contributed by atoms with Gasteiger partial charge in [-0.05, 0) is 49.2 Å². The molecule has 8 heteroatoms. The minimum Gasteiger partial charge on any atom is -0.481 e. The molecule has 1 amide bonds. The highest BCUT2D eigenvalue weighted by molar-refractivity contribution is 7.90. The van der Waals surface area contributed by atoms with Gasteiger partial charge in [0.05, 0.1) is 10.6 Å². The molecule has 0 spiro atoms. The van der Waals surface area contributed by atoms with E-state index in [2.05, 4.69) is 5.32 Å². The zero-order chi connectivity index (χ0) is 19.7. The smallest absolute Gasteiger partial charge is 0.315 e. The summed E-state index contributed by atoms with van der Waals surface area (Å²) >= 11 is 0. The summed E-state index contributed by atoms with van der Waals surface area (Å²) in [5.41, 5.74) is -0.408. The molecule has 1 aromatic heterocycles. The maximum atomic E-state index is 13.1. The molecule has 0 unspecified atom stereocenters. The maximum absolute atomic E-state index is 13.1. The van der Waals surface area contributed by atoms with Gasteiger partial charge in [-0.15, -0.1) is 0 Å². The van der Waals surface area contributed by atoms with E-state index in [0.29, 0.717) is 24.2 Å². The number of amides is 1. The number of hydrogen-bond acceptors (Lipinski definition) is 4. The molecule has 1 aliphatic carbocycles. The van der Waals surface area contributed by atoms with Crippen LogP contribution in [0, 0.1) is 0 Å². The van der Waals surface area contributed by atoms with Gasteiger partial charge in [-0.25, -0.2) is 12.4 Å². The second kappa shape index (κ2) is 7.19. The molecular formula is C19H22N2O5S. The first-order valence-electron chi connectivity index (χ1n) is 8.82. The Balaban J connectivity index is 2.03. The van der Waals surface area contributed by atoms with Crippen LogP contribution in [0.25, 0.3) is 0 Å². The summed E-state index contributed by atoms with van der Waals surface area (Å²) in [5.74, 6) is -1.24. The SMILES string of the molecule is CC(=O)Nc1ccc(S(=O)(=O)n2cccc2C2(C(=O)O)CCCCC2)cc1. The Kier molecular flexibility index (Phi) is 5.10. The number of aliphatic carboxylic acids is 1. The van der Waals surface area contributed by atoms with Gasteiger partial charge in [-0.1, -0.05) is 19.3 Å². The number of hydrogen-bond donors (Lipinski definition) is 2. The number of carbonyl (C=O) groups excluding carboxylic acids is 1. The number of nitrogens with one attached hydrogen (secondary N) is 1. The van der Waals surface area contributed by atoms with Crippen molar-refractivity contribution in [1.82, 2.24) is 3.97 Å². The number of aromatic nitrogens is 1. The molecule has 2 N–H and O–H groups in total. The van der Waals surface area contributed by atoms with Crippen LogP contribution in [-0.4, -0.2) is 29.4 Å². The monoisotopic (exact) mass is 390 g/mol. The summed E-state index contributed by atoms with van der Waals surface area (Å²) in [6.45, 7) is 1.37. The quantitative estimate of drug-likeness (QED) is 0.816. The van der Waals surface area contributed by atoms with Crippen LogP contribution in [0.3, 0.4) is 0 Å². The summed E-state index contributed by atoms with van der Waals surface area (Å²) in [5, 5.41) is 12.5. The Morgan fingerprint density at radius 3 is 2.26 bits per heavy atom. The van der Waals surface area contributed by atoms with Gasteiger partial charge in [0.1, 0.15) is 5.41 Å². The van der Waals surface area contributed by atoms with E-state index >= 15 is 0 Å². The van der Waals surface area contributed by atoms with Gasteiger partial charge in [0.15, 0.2) is 0 Å². The molecule has 0 radical (unpaired) electrons. The fraction of sp³-hybridized carbons (Fsp3) is 0.368. The van der Waals surface area contributed by atoms with Crippen molar-refractivity contribution in [1.29, 1.82) is 0 Å². The van der Waals surface area contributed by atoms with Gasteiger partial charge in [0, 0.05) is 18.8 Å². The number of anilines is 1. The van der Waals surface area contributed by atoms with Crippen LogP contribution in [0.4, 0.5) is 5.69 Å². The Hall–Kier alpha value is -2.61. The lowest BCUT2D eigenvalue weighted by Crippen LogP contribution is -2.40. The van der Waals surface area contributed by atoms with Crippen LogP contribution in [0.15, 0.2) is 47.5 Å². The normalized spacial score (nSPS) is 16.6. The van der Waals surface area contributed by atoms with Crippen molar-refractivity contribution >= 4 is 27.6 Å². The molecule has 0 atom stereocenters. The lowest BCUT2D eigenvalue weighted by atomic mass is 9.72. The molecule has 1 fully saturated rings. The lowest BCUT2D eigenvalue weighted by Gasteiger charge is -2.34. The molecule has 1 aliphatic rings. The van der Waals surface area contributed by atoms with Crippen molar-refractivity contribution in [3.05, 3.63) is 48.3 Å². The lowest BCUT2D eigenvalue weighted by molar-refractivity contribution is -0.145. The van der Waals surface area contributed by atoms with E-state index in [4.69, 9.17) is 0 Å². The zero-order valence-electron chi connectivity index (χ0n) is 15.0. The minimum atomic E-state index is -3.95. The van der Waals surface area contributed by atoms with E-state index < -0.39 is 21.4 Å². The minimum absolute atomic E-state index is 0.0328. The maximum Gasteiger partial charge on any atom is 0.315 e. The highest BCUT2D eigenvalue weighted by Gasteiger charge is 2.44. The summed E-state index contributed by atoms with van der Waals surface area (Å²) in [6, 6.07) is 8.97. The fourth-order valence-electron chi connectivity index (χ4n) is 3.71. The predicted octanol–water partition coefficient (Wildman–Crippen LogP) is 2.97. The Bertz CT molecular complexity index is 954. The number of carboxylic acids is 1. The third-order valence-electron chi connectivity index (χ3n) is 5.05. The number of rotatable bonds is 5. The van der Waals surface area contributed by atoms with Gasteiger partial charge in [0.25, 0.3) is 10.0 Å². The summed E-state index contributed by atoms with van der Waals surface area (Å²) < 4.78 is 27.4. The van der Waals surface area contributed by atoms with Crippen molar-refractivity contribution < 1.29 is 23.1 Å². The molecule has 1 heterocycles. The summed E-state index contributed by atoms with van der Waals surface area (Å²) in [4.78, 5) is 23.2. The van der Waals surface area contributed by atoms with E-state index in [9.17, 15) is 23.1 Å². The Labute approximate surface area is 158 Å². The first-order chi connectivity index (χ1) is 12.8. The van der Waals surface area contributed by atoms with E-state index in [1.807, 2.05) is 0 Å². The molecule has 3 rings (SSSR count). The first-order valence-corrected chi connectivity index (χ1v) is 10.3. The molecule has 0 saturated heterocycles. The number of nitrogens with zero attached hydrogens (tertiary/aromatic N) is 1. The second-order valence-corrected chi connectivity index (χ2v) is 8.66. The molecule has 0 bridgehead atoms. The van der Waals surface area contributed by atoms with Crippen molar-refractivity contribution in [2.45, 2.75) is 49.3 Å². The van der Waals surface area contributed by atoms with Crippen LogP contribution in [-0.2, 0) is 25.0 Å². The van der Waals surface area contributed by atoms with Crippen LogP contribution >= 0.6 is 0 Å². The molecule has 1 aromatic carbocycles. The Morgan fingerprint density at radius 1 is 1.07 bits per heavy atom. The van der Waals surface area contributed by atoms with Crippen LogP contribution < -0.4 is 5.32 Å². The first kappa shape index (κ1) is 19.2.